The van der Waals surface area contributed by atoms with E-state index in [9.17, 15) is 0 Å². The molecule has 0 aromatic carbocycles. The van der Waals surface area contributed by atoms with Crippen molar-refractivity contribution < 1.29 is 0 Å². The summed E-state index contributed by atoms with van der Waals surface area (Å²) in [5, 5.41) is 3.31. The van der Waals surface area contributed by atoms with Gasteiger partial charge in [0.25, 0.3) is 0 Å². The van der Waals surface area contributed by atoms with Crippen molar-refractivity contribution in [1.29, 1.82) is 0 Å². The van der Waals surface area contributed by atoms with E-state index in [1.165, 1.54) is 4.88 Å². The fraction of sp³-hybridized carbons (Fsp3) is 0.100. The summed E-state index contributed by atoms with van der Waals surface area (Å²) in [6, 6.07) is 6.17. The van der Waals surface area contributed by atoms with Gasteiger partial charge in [0.1, 0.15) is 0 Å². The van der Waals surface area contributed by atoms with E-state index in [0.717, 1.165) is 20.5 Å². The number of anilines is 1. The lowest BCUT2D eigenvalue weighted by molar-refractivity contribution is 1.17. The number of thiophene rings is 1. The summed E-state index contributed by atoms with van der Waals surface area (Å²) in [5.74, 6) is 0. The fourth-order valence-corrected chi connectivity index (χ4v) is 2.93. The number of rotatable bonds is 3. The number of hydrogen-bond donors (Lipinski definition) is 1. The molecule has 0 radical (unpaired) electrons. The summed E-state index contributed by atoms with van der Waals surface area (Å²) >= 11 is 8.56. The molecule has 0 fully saturated rings. The van der Waals surface area contributed by atoms with Gasteiger partial charge in [0.05, 0.1) is 15.7 Å². The van der Waals surface area contributed by atoms with Crippen LogP contribution in [0.2, 0.25) is 0 Å². The fourth-order valence-electron chi connectivity index (χ4n) is 1.14. The van der Waals surface area contributed by atoms with Crippen LogP contribution >= 0.6 is 43.2 Å². The second kappa shape index (κ2) is 5.09. The van der Waals surface area contributed by atoms with Crippen molar-refractivity contribution in [3.8, 4) is 0 Å². The van der Waals surface area contributed by atoms with E-state index in [1.54, 1.807) is 17.5 Å². The molecule has 2 rings (SSSR count). The second-order valence-corrected chi connectivity index (χ2v) is 6.41. The Kier molecular flexibility index (Phi) is 3.77. The molecular formula is C10H8Br2N2S. The van der Waals surface area contributed by atoms with Gasteiger partial charge in [0.2, 0.25) is 0 Å². The molecule has 0 unspecified atom stereocenters. The minimum atomic E-state index is 0.828. The molecule has 0 amide bonds. The summed E-state index contributed by atoms with van der Waals surface area (Å²) < 4.78 is 2.14. The molecule has 15 heavy (non-hydrogen) atoms. The minimum absolute atomic E-state index is 0.828. The van der Waals surface area contributed by atoms with Crippen LogP contribution in [0.4, 0.5) is 5.69 Å². The molecule has 78 valence electrons. The van der Waals surface area contributed by atoms with Crippen molar-refractivity contribution in [3.63, 3.8) is 0 Å². The molecule has 0 bridgehead atoms. The van der Waals surface area contributed by atoms with Crippen LogP contribution in [-0.2, 0) is 6.54 Å². The molecule has 2 aromatic heterocycles. The van der Waals surface area contributed by atoms with Gasteiger partial charge in [-0.15, -0.1) is 11.3 Å². The monoisotopic (exact) mass is 346 g/mol. The topological polar surface area (TPSA) is 24.9 Å². The van der Waals surface area contributed by atoms with Crippen LogP contribution in [0.1, 0.15) is 4.88 Å². The molecule has 5 heteroatoms. The molecular weight excluding hydrogens is 340 g/mol. The molecule has 0 spiro atoms. The number of nitrogens with one attached hydrogen (secondary N) is 1. The third-order valence-electron chi connectivity index (χ3n) is 1.80. The first kappa shape index (κ1) is 11.1. The summed E-state index contributed by atoms with van der Waals surface area (Å²) in [6.45, 7) is 0.828. The smallest absolute Gasteiger partial charge is 0.0702 e. The van der Waals surface area contributed by atoms with Gasteiger partial charge in [0.15, 0.2) is 0 Å². The SMILES string of the molecule is Brc1cncc(NCc2ccc(Br)s2)c1. The first-order valence-corrected chi connectivity index (χ1v) is 6.73. The van der Waals surface area contributed by atoms with Gasteiger partial charge in [-0.3, -0.25) is 4.98 Å². The van der Waals surface area contributed by atoms with Crippen LogP contribution in [-0.4, -0.2) is 4.98 Å². The Morgan fingerprint density at radius 3 is 2.80 bits per heavy atom. The van der Waals surface area contributed by atoms with E-state index < -0.39 is 0 Å². The van der Waals surface area contributed by atoms with E-state index in [0.29, 0.717) is 0 Å². The van der Waals surface area contributed by atoms with Crippen LogP contribution in [0.15, 0.2) is 38.9 Å². The largest absolute Gasteiger partial charge is 0.379 e. The molecule has 2 heterocycles. The maximum Gasteiger partial charge on any atom is 0.0702 e. The first-order valence-electron chi connectivity index (χ1n) is 4.33. The van der Waals surface area contributed by atoms with Gasteiger partial charge in [-0.1, -0.05) is 0 Å². The van der Waals surface area contributed by atoms with Crippen LogP contribution in [0, 0.1) is 0 Å². The maximum absolute atomic E-state index is 4.09. The van der Waals surface area contributed by atoms with Crippen molar-refractivity contribution in [3.05, 3.63) is 43.7 Å². The highest BCUT2D eigenvalue weighted by molar-refractivity contribution is 9.11. The Hall–Kier alpha value is -0.390. The number of hydrogen-bond acceptors (Lipinski definition) is 3. The van der Waals surface area contributed by atoms with Crippen LogP contribution in [0.25, 0.3) is 0 Å². The molecule has 0 aliphatic heterocycles. The zero-order chi connectivity index (χ0) is 10.7. The van der Waals surface area contributed by atoms with Crippen LogP contribution in [0.3, 0.4) is 0 Å². The summed E-state index contributed by atoms with van der Waals surface area (Å²) in [4.78, 5) is 5.38. The van der Waals surface area contributed by atoms with Crippen molar-refractivity contribution in [2.75, 3.05) is 5.32 Å². The summed E-state index contributed by atoms with van der Waals surface area (Å²) in [5.41, 5.74) is 1.02. The zero-order valence-electron chi connectivity index (χ0n) is 7.71. The molecule has 2 aromatic rings. The van der Waals surface area contributed by atoms with E-state index in [-0.39, 0.29) is 0 Å². The van der Waals surface area contributed by atoms with E-state index in [2.05, 4.69) is 54.3 Å². The Balaban J connectivity index is 1.99. The van der Waals surface area contributed by atoms with E-state index in [1.807, 2.05) is 12.3 Å². The van der Waals surface area contributed by atoms with E-state index in [4.69, 9.17) is 0 Å². The average molecular weight is 348 g/mol. The predicted octanol–water partition coefficient (Wildman–Crippen LogP) is 4.28. The summed E-state index contributed by atoms with van der Waals surface area (Å²) in [6.07, 6.45) is 3.58. The number of pyridine rings is 1. The van der Waals surface area contributed by atoms with Gasteiger partial charge in [-0.05, 0) is 50.1 Å². The number of aromatic nitrogens is 1. The van der Waals surface area contributed by atoms with Crippen molar-refractivity contribution in [2.24, 2.45) is 0 Å². The number of halogens is 2. The third kappa shape index (κ3) is 3.29. The minimum Gasteiger partial charge on any atom is -0.379 e. The summed E-state index contributed by atoms with van der Waals surface area (Å²) in [7, 11) is 0. The molecule has 1 N–H and O–H groups in total. The average Bonchev–Trinajstić information content (AvgIpc) is 2.62. The van der Waals surface area contributed by atoms with E-state index >= 15 is 0 Å². The van der Waals surface area contributed by atoms with Crippen molar-refractivity contribution in [1.82, 2.24) is 4.98 Å². The Bertz CT molecular complexity index is 456. The molecule has 0 aliphatic carbocycles. The first-order chi connectivity index (χ1) is 7.24. The quantitative estimate of drug-likeness (QED) is 0.896. The molecule has 0 saturated carbocycles. The highest BCUT2D eigenvalue weighted by atomic mass is 79.9. The van der Waals surface area contributed by atoms with Gasteiger partial charge in [0, 0.05) is 22.1 Å². The second-order valence-electron chi connectivity index (χ2n) is 2.95. The lowest BCUT2D eigenvalue weighted by Crippen LogP contribution is -1.97. The van der Waals surface area contributed by atoms with Crippen LogP contribution < -0.4 is 5.32 Å². The molecule has 0 atom stereocenters. The molecule has 0 aliphatic rings. The molecule has 2 nitrogen and oxygen atoms in total. The number of nitrogens with zero attached hydrogens (tertiary/aromatic N) is 1. The standard InChI is InChI=1S/C10H8Br2N2S/c11-7-3-8(5-13-4-7)14-6-9-1-2-10(12)15-9/h1-5,14H,6H2. The zero-order valence-corrected chi connectivity index (χ0v) is 11.7. The van der Waals surface area contributed by atoms with Gasteiger partial charge < -0.3 is 5.32 Å². The highest BCUT2D eigenvalue weighted by Crippen LogP contribution is 2.23. The lowest BCUT2D eigenvalue weighted by atomic mass is 10.4. The Labute approximate surface area is 109 Å². The predicted molar refractivity (Wildman–Crippen MR) is 71.3 cm³/mol. The van der Waals surface area contributed by atoms with Gasteiger partial charge in [-0.2, -0.15) is 0 Å². The Morgan fingerprint density at radius 1 is 1.27 bits per heavy atom. The maximum atomic E-state index is 4.09. The Morgan fingerprint density at radius 2 is 2.13 bits per heavy atom. The normalized spacial score (nSPS) is 10.3. The third-order valence-corrected chi connectivity index (χ3v) is 3.86. The molecule has 0 saturated heterocycles. The van der Waals surface area contributed by atoms with Gasteiger partial charge >= 0.3 is 0 Å². The van der Waals surface area contributed by atoms with Crippen molar-refractivity contribution in [2.45, 2.75) is 6.54 Å². The van der Waals surface area contributed by atoms with Crippen LogP contribution in [0.5, 0.6) is 0 Å². The van der Waals surface area contributed by atoms with Gasteiger partial charge in [-0.25, -0.2) is 0 Å². The lowest BCUT2D eigenvalue weighted by Gasteiger charge is -2.03. The highest BCUT2D eigenvalue weighted by Gasteiger charge is 1.98. The van der Waals surface area contributed by atoms with Crippen molar-refractivity contribution >= 4 is 48.9 Å².